The molecule has 0 unspecified atom stereocenters. The molecule has 1 heterocycles. The monoisotopic (exact) mass is 296 g/mol. The zero-order valence-electron chi connectivity index (χ0n) is 11.1. The first-order valence-electron chi connectivity index (χ1n) is 6.09. The lowest BCUT2D eigenvalue weighted by Gasteiger charge is -2.06. The fourth-order valence-electron chi connectivity index (χ4n) is 2.00. The van der Waals surface area contributed by atoms with Crippen molar-refractivity contribution in [3.63, 3.8) is 0 Å². The number of nitrogens with zero attached hydrogens (tertiary/aromatic N) is 1. The predicted octanol–water partition coefficient (Wildman–Crippen LogP) is 0.863. The van der Waals surface area contributed by atoms with E-state index >= 15 is 0 Å². The van der Waals surface area contributed by atoms with E-state index < -0.39 is 10.1 Å². The summed E-state index contributed by atoms with van der Waals surface area (Å²) in [6, 6.07) is 7.80. The van der Waals surface area contributed by atoms with Gasteiger partial charge >= 0.3 is 0 Å². The minimum absolute atomic E-state index is 0.108. The molecule has 0 atom stereocenters. The van der Waals surface area contributed by atoms with E-state index in [0.717, 1.165) is 22.7 Å². The lowest BCUT2D eigenvalue weighted by atomic mass is 10.1. The van der Waals surface area contributed by atoms with Crippen LogP contribution < -0.4 is 5.32 Å². The number of hydrogen-bond acceptors (Lipinski definition) is 4. The number of aromatic nitrogens is 1. The summed E-state index contributed by atoms with van der Waals surface area (Å²) in [5.41, 5.74) is 2.01. The molecular weight excluding hydrogens is 280 g/mol. The van der Waals surface area contributed by atoms with Gasteiger partial charge in [-0.1, -0.05) is 6.07 Å². The van der Waals surface area contributed by atoms with Crippen molar-refractivity contribution in [1.29, 1.82) is 0 Å². The van der Waals surface area contributed by atoms with Crippen molar-refractivity contribution in [3.8, 4) is 0 Å². The van der Waals surface area contributed by atoms with Crippen LogP contribution >= 0.6 is 0 Å². The van der Waals surface area contributed by atoms with E-state index in [1.54, 1.807) is 0 Å². The summed E-state index contributed by atoms with van der Waals surface area (Å²) in [6.07, 6.45) is 3.58. The van der Waals surface area contributed by atoms with Crippen LogP contribution in [0.1, 0.15) is 5.56 Å². The Bertz CT molecular complexity index is 706. The highest BCUT2D eigenvalue weighted by Gasteiger charge is 2.05. The van der Waals surface area contributed by atoms with E-state index in [2.05, 4.69) is 5.32 Å². The van der Waals surface area contributed by atoms with Crippen LogP contribution in [0.2, 0.25) is 0 Å². The molecule has 1 N–H and O–H groups in total. The van der Waals surface area contributed by atoms with Crippen LogP contribution in [-0.4, -0.2) is 32.3 Å². The van der Waals surface area contributed by atoms with E-state index in [1.807, 2.05) is 35.0 Å². The molecule has 6 nitrogen and oxygen atoms in total. The van der Waals surface area contributed by atoms with Crippen LogP contribution in [0, 0.1) is 0 Å². The lowest BCUT2D eigenvalue weighted by molar-refractivity contribution is -0.109. The van der Waals surface area contributed by atoms with E-state index in [9.17, 15) is 13.2 Å². The fourth-order valence-corrected chi connectivity index (χ4v) is 2.38. The van der Waals surface area contributed by atoms with Crippen LogP contribution in [0.15, 0.2) is 30.5 Å². The van der Waals surface area contributed by atoms with Gasteiger partial charge in [-0.2, -0.15) is 8.42 Å². The molecule has 7 heteroatoms. The van der Waals surface area contributed by atoms with Crippen molar-refractivity contribution in [2.24, 2.45) is 0 Å². The fraction of sp³-hybridized carbons (Fsp3) is 0.308. The summed E-state index contributed by atoms with van der Waals surface area (Å²) < 4.78 is 28.5. The number of nitrogens with one attached hydrogen (secondary N) is 1. The number of carbonyl (C=O) groups is 1. The third-order valence-corrected chi connectivity index (χ3v) is 3.45. The van der Waals surface area contributed by atoms with Crippen molar-refractivity contribution >= 4 is 27.4 Å². The molecule has 0 spiro atoms. The Morgan fingerprint density at radius 2 is 2.15 bits per heavy atom. The Morgan fingerprint density at radius 3 is 2.85 bits per heavy atom. The molecule has 0 fully saturated rings. The van der Waals surface area contributed by atoms with E-state index in [0.29, 0.717) is 19.5 Å². The van der Waals surface area contributed by atoms with Gasteiger partial charge in [-0.15, -0.1) is 0 Å². The summed E-state index contributed by atoms with van der Waals surface area (Å²) in [5, 5.41) is 3.65. The molecule has 0 aliphatic carbocycles. The van der Waals surface area contributed by atoms with Gasteiger partial charge < -0.3 is 9.88 Å². The van der Waals surface area contributed by atoms with E-state index in [-0.39, 0.29) is 6.61 Å². The molecule has 20 heavy (non-hydrogen) atoms. The molecule has 1 amide bonds. The highest BCUT2D eigenvalue weighted by molar-refractivity contribution is 7.85. The summed E-state index contributed by atoms with van der Waals surface area (Å²) in [7, 11) is -3.40. The number of rotatable bonds is 7. The molecule has 108 valence electrons. The Hall–Kier alpha value is -1.86. The standard InChI is InChI=1S/C13H16N2O4S/c1-20(17,18)19-7-6-15-5-4-12-8-11(9-14-10-16)2-3-13(12)15/h2-5,8,10H,6-7,9H2,1H3,(H,14,16). The van der Waals surface area contributed by atoms with Gasteiger partial charge in [0.2, 0.25) is 6.41 Å². The smallest absolute Gasteiger partial charge is 0.264 e. The minimum Gasteiger partial charge on any atom is -0.355 e. The summed E-state index contributed by atoms with van der Waals surface area (Å²) in [5.74, 6) is 0. The normalized spacial score (nSPS) is 11.7. The predicted molar refractivity (Wildman–Crippen MR) is 75.6 cm³/mol. The summed E-state index contributed by atoms with van der Waals surface area (Å²) in [4.78, 5) is 10.3. The van der Waals surface area contributed by atoms with Gasteiger partial charge in [0.05, 0.1) is 12.9 Å². The summed E-state index contributed by atoms with van der Waals surface area (Å²) in [6.45, 7) is 1.06. The van der Waals surface area contributed by atoms with Gasteiger partial charge in [0.1, 0.15) is 0 Å². The molecule has 0 saturated heterocycles. The lowest BCUT2D eigenvalue weighted by Crippen LogP contribution is -2.10. The third kappa shape index (κ3) is 3.82. The number of fused-ring (bicyclic) bond motifs is 1. The zero-order valence-corrected chi connectivity index (χ0v) is 11.9. The average molecular weight is 296 g/mol. The number of benzene rings is 1. The van der Waals surface area contributed by atoms with Gasteiger partial charge in [0, 0.05) is 24.8 Å². The second-order valence-electron chi connectivity index (χ2n) is 4.43. The Labute approximate surface area is 117 Å². The average Bonchev–Trinajstić information content (AvgIpc) is 2.77. The van der Waals surface area contributed by atoms with Crippen LogP contribution in [0.3, 0.4) is 0 Å². The first-order valence-corrected chi connectivity index (χ1v) is 7.90. The molecule has 0 aliphatic heterocycles. The second-order valence-corrected chi connectivity index (χ2v) is 6.07. The van der Waals surface area contributed by atoms with Crippen molar-refractivity contribution in [2.45, 2.75) is 13.1 Å². The van der Waals surface area contributed by atoms with Crippen LogP contribution in [-0.2, 0) is 32.2 Å². The molecule has 1 aromatic heterocycles. The van der Waals surface area contributed by atoms with Crippen molar-refractivity contribution in [1.82, 2.24) is 9.88 Å². The topological polar surface area (TPSA) is 77.4 Å². The van der Waals surface area contributed by atoms with Crippen LogP contribution in [0.25, 0.3) is 10.9 Å². The molecule has 0 radical (unpaired) electrons. The van der Waals surface area contributed by atoms with Crippen LogP contribution in [0.5, 0.6) is 0 Å². The number of hydrogen-bond donors (Lipinski definition) is 1. The maximum Gasteiger partial charge on any atom is 0.264 e. The van der Waals surface area contributed by atoms with Gasteiger partial charge in [-0.3, -0.25) is 8.98 Å². The quantitative estimate of drug-likeness (QED) is 0.607. The zero-order chi connectivity index (χ0) is 14.6. The minimum atomic E-state index is -3.40. The number of carbonyl (C=O) groups excluding carboxylic acids is 1. The second kappa shape index (κ2) is 6.06. The molecule has 2 rings (SSSR count). The molecule has 1 aromatic carbocycles. The van der Waals surface area contributed by atoms with Gasteiger partial charge in [-0.25, -0.2) is 0 Å². The first-order chi connectivity index (χ1) is 9.49. The molecule has 2 aromatic rings. The maximum absolute atomic E-state index is 10.9. The van der Waals surface area contributed by atoms with Gasteiger partial charge in [0.15, 0.2) is 0 Å². The van der Waals surface area contributed by atoms with E-state index in [1.165, 1.54) is 0 Å². The largest absolute Gasteiger partial charge is 0.355 e. The highest BCUT2D eigenvalue weighted by Crippen LogP contribution is 2.17. The number of amides is 1. The van der Waals surface area contributed by atoms with E-state index in [4.69, 9.17) is 4.18 Å². The van der Waals surface area contributed by atoms with Gasteiger partial charge in [0.25, 0.3) is 10.1 Å². The molecule has 0 saturated carbocycles. The van der Waals surface area contributed by atoms with Crippen LogP contribution in [0.4, 0.5) is 0 Å². The highest BCUT2D eigenvalue weighted by atomic mass is 32.2. The maximum atomic E-state index is 10.9. The molecule has 0 bridgehead atoms. The van der Waals surface area contributed by atoms with Crippen molar-refractivity contribution in [2.75, 3.05) is 12.9 Å². The van der Waals surface area contributed by atoms with Crippen molar-refractivity contribution in [3.05, 3.63) is 36.0 Å². The Morgan fingerprint density at radius 1 is 1.35 bits per heavy atom. The Balaban J connectivity index is 2.10. The van der Waals surface area contributed by atoms with Gasteiger partial charge in [-0.05, 0) is 29.1 Å². The van der Waals surface area contributed by atoms with Crippen molar-refractivity contribution < 1.29 is 17.4 Å². The third-order valence-electron chi connectivity index (χ3n) is 2.85. The SMILES string of the molecule is CS(=O)(=O)OCCn1ccc2cc(CNC=O)ccc21. The molecule has 0 aliphatic rings. The Kier molecular flexibility index (Phi) is 4.41. The summed E-state index contributed by atoms with van der Waals surface area (Å²) >= 11 is 0. The first kappa shape index (κ1) is 14.5. The molecular formula is C13H16N2O4S.